The highest BCUT2D eigenvalue weighted by atomic mass is 16.3. The van der Waals surface area contributed by atoms with Gasteiger partial charge in [-0.2, -0.15) is 0 Å². The minimum absolute atomic E-state index is 0.0267. The Morgan fingerprint density at radius 2 is 2.11 bits per heavy atom. The smallest absolute Gasteiger partial charge is 0.225 e. The van der Waals surface area contributed by atoms with Crippen LogP contribution in [0.15, 0.2) is 0 Å². The summed E-state index contributed by atoms with van der Waals surface area (Å²) >= 11 is 0. The van der Waals surface area contributed by atoms with Gasteiger partial charge in [-0.15, -0.1) is 0 Å². The molecule has 0 heterocycles. The van der Waals surface area contributed by atoms with Gasteiger partial charge in [0.2, 0.25) is 5.91 Å². The van der Waals surface area contributed by atoms with Crippen LogP contribution in [0.5, 0.6) is 0 Å². The molecule has 4 nitrogen and oxygen atoms in total. The topological polar surface area (TPSA) is 75.3 Å². The number of carbonyl (C=O) groups excluding carboxylic acids is 1. The molecule has 4 N–H and O–H groups in total. The Labute approximate surface area is 109 Å². The first-order chi connectivity index (χ1) is 8.44. The Hall–Kier alpha value is -0.610. The first-order valence-corrected chi connectivity index (χ1v) is 7.20. The van der Waals surface area contributed by atoms with Crippen molar-refractivity contribution >= 4 is 5.91 Å². The summed E-state index contributed by atoms with van der Waals surface area (Å²) in [5.74, 6) is 1.04. The molecule has 2 saturated carbocycles. The lowest BCUT2D eigenvalue weighted by Crippen LogP contribution is -2.49. The molecule has 18 heavy (non-hydrogen) atoms. The lowest BCUT2D eigenvalue weighted by atomic mass is 9.84. The molecular formula is C14H26N2O2. The zero-order chi connectivity index (χ0) is 13.3. The number of hydrogen-bond donors (Lipinski definition) is 3. The van der Waals surface area contributed by atoms with Crippen LogP contribution in [0.1, 0.15) is 46.0 Å². The van der Waals surface area contributed by atoms with Crippen LogP contribution < -0.4 is 11.1 Å². The van der Waals surface area contributed by atoms with Crippen LogP contribution in [0, 0.1) is 17.8 Å². The first kappa shape index (κ1) is 13.8. The van der Waals surface area contributed by atoms with Crippen LogP contribution in [0.2, 0.25) is 0 Å². The maximum atomic E-state index is 12.2. The summed E-state index contributed by atoms with van der Waals surface area (Å²) in [4.78, 5) is 12.2. The number of fused-ring (bicyclic) bond motifs is 2. The molecule has 1 amide bonds. The number of carbonyl (C=O) groups is 1. The molecule has 2 fully saturated rings. The molecule has 0 aromatic heterocycles. The van der Waals surface area contributed by atoms with Crippen molar-refractivity contribution in [3.8, 4) is 0 Å². The molecule has 2 aliphatic carbocycles. The van der Waals surface area contributed by atoms with E-state index in [9.17, 15) is 9.90 Å². The van der Waals surface area contributed by atoms with Gasteiger partial charge in [0, 0.05) is 12.6 Å². The maximum absolute atomic E-state index is 12.2. The predicted molar refractivity (Wildman–Crippen MR) is 70.8 cm³/mol. The number of nitrogens with two attached hydrogens (primary N) is 1. The Morgan fingerprint density at radius 1 is 1.44 bits per heavy atom. The summed E-state index contributed by atoms with van der Waals surface area (Å²) in [6.07, 6.45) is 5.06. The van der Waals surface area contributed by atoms with Crippen molar-refractivity contribution in [2.75, 3.05) is 6.54 Å². The Morgan fingerprint density at radius 3 is 2.67 bits per heavy atom. The highest BCUT2D eigenvalue weighted by Gasteiger charge is 2.49. The van der Waals surface area contributed by atoms with E-state index >= 15 is 0 Å². The summed E-state index contributed by atoms with van der Waals surface area (Å²) in [5, 5.41) is 13.0. The van der Waals surface area contributed by atoms with Crippen LogP contribution in [0.3, 0.4) is 0 Å². The van der Waals surface area contributed by atoms with Gasteiger partial charge < -0.3 is 16.2 Å². The van der Waals surface area contributed by atoms with E-state index in [2.05, 4.69) is 5.32 Å². The molecule has 0 saturated heterocycles. The molecule has 0 aromatic rings. The Balaban J connectivity index is 1.85. The van der Waals surface area contributed by atoms with Crippen molar-refractivity contribution < 1.29 is 9.90 Å². The number of amides is 1. The van der Waals surface area contributed by atoms with Gasteiger partial charge in [0.1, 0.15) is 0 Å². The lowest BCUT2D eigenvalue weighted by Gasteiger charge is -2.29. The fourth-order valence-electron chi connectivity index (χ4n) is 3.75. The minimum Gasteiger partial charge on any atom is -0.388 e. The van der Waals surface area contributed by atoms with Gasteiger partial charge >= 0.3 is 0 Å². The molecule has 2 aliphatic rings. The third-order valence-electron chi connectivity index (χ3n) is 4.72. The van der Waals surface area contributed by atoms with E-state index in [4.69, 9.17) is 5.73 Å². The van der Waals surface area contributed by atoms with Gasteiger partial charge in [0.15, 0.2) is 0 Å². The van der Waals surface area contributed by atoms with Crippen molar-refractivity contribution in [1.29, 1.82) is 0 Å². The SMILES string of the molecule is CCCC(C)(O)CNC(=O)C1C2CCC(C2)C1N. The van der Waals surface area contributed by atoms with Crippen molar-refractivity contribution in [3.63, 3.8) is 0 Å². The van der Waals surface area contributed by atoms with Gasteiger partial charge in [-0.25, -0.2) is 0 Å². The van der Waals surface area contributed by atoms with E-state index in [0.717, 1.165) is 19.3 Å². The monoisotopic (exact) mass is 254 g/mol. The number of rotatable bonds is 5. The second kappa shape index (κ2) is 5.17. The number of nitrogens with one attached hydrogen (secondary N) is 1. The molecule has 104 valence electrons. The Bertz CT molecular complexity index is 315. The maximum Gasteiger partial charge on any atom is 0.225 e. The second-order valence-electron chi connectivity index (χ2n) is 6.40. The highest BCUT2D eigenvalue weighted by molar-refractivity contribution is 5.80. The largest absolute Gasteiger partial charge is 0.388 e. The van der Waals surface area contributed by atoms with E-state index in [1.165, 1.54) is 6.42 Å². The predicted octanol–water partition coefficient (Wildman–Crippen LogP) is 1.03. The summed E-state index contributed by atoms with van der Waals surface area (Å²) in [6, 6.07) is 0.0277. The van der Waals surface area contributed by atoms with E-state index in [0.29, 0.717) is 24.8 Å². The minimum atomic E-state index is -0.799. The normalized spacial score (nSPS) is 37.6. The average Bonchev–Trinajstić information content (AvgIpc) is 2.86. The zero-order valence-electron chi connectivity index (χ0n) is 11.5. The van der Waals surface area contributed by atoms with Crippen molar-refractivity contribution in [2.45, 2.75) is 57.6 Å². The molecule has 5 atom stereocenters. The average molecular weight is 254 g/mol. The van der Waals surface area contributed by atoms with Gasteiger partial charge in [-0.1, -0.05) is 13.3 Å². The highest BCUT2D eigenvalue weighted by Crippen LogP contribution is 2.47. The Kier molecular flexibility index (Phi) is 3.97. The van der Waals surface area contributed by atoms with E-state index in [1.54, 1.807) is 6.92 Å². The van der Waals surface area contributed by atoms with E-state index in [-0.39, 0.29) is 17.9 Å². The number of aliphatic hydroxyl groups is 1. The molecular weight excluding hydrogens is 228 g/mol. The van der Waals surface area contributed by atoms with Gasteiger partial charge in [-0.3, -0.25) is 4.79 Å². The molecule has 4 heteroatoms. The molecule has 0 aliphatic heterocycles. The van der Waals surface area contributed by atoms with Gasteiger partial charge in [0.05, 0.1) is 11.5 Å². The molecule has 5 unspecified atom stereocenters. The standard InChI is InChI=1S/C14H26N2O2/c1-3-6-14(2,18)8-16-13(17)11-9-4-5-10(7-9)12(11)15/h9-12,18H,3-8,15H2,1-2H3,(H,16,17). The number of hydrogen-bond acceptors (Lipinski definition) is 3. The molecule has 2 rings (SSSR count). The summed E-state index contributed by atoms with van der Waals surface area (Å²) in [7, 11) is 0. The summed E-state index contributed by atoms with van der Waals surface area (Å²) in [5.41, 5.74) is 5.34. The van der Waals surface area contributed by atoms with Gasteiger partial charge in [-0.05, 0) is 44.4 Å². The van der Waals surface area contributed by atoms with Gasteiger partial charge in [0.25, 0.3) is 0 Å². The van der Waals surface area contributed by atoms with Crippen molar-refractivity contribution in [1.82, 2.24) is 5.32 Å². The summed E-state index contributed by atoms with van der Waals surface area (Å²) < 4.78 is 0. The second-order valence-corrected chi connectivity index (χ2v) is 6.40. The van der Waals surface area contributed by atoms with Crippen LogP contribution in [0.4, 0.5) is 0 Å². The van der Waals surface area contributed by atoms with Crippen LogP contribution >= 0.6 is 0 Å². The summed E-state index contributed by atoms with van der Waals surface area (Å²) in [6.45, 7) is 4.14. The quantitative estimate of drug-likeness (QED) is 0.686. The van der Waals surface area contributed by atoms with Crippen molar-refractivity contribution in [2.24, 2.45) is 23.5 Å². The molecule has 0 spiro atoms. The fraction of sp³-hybridized carbons (Fsp3) is 0.929. The lowest BCUT2D eigenvalue weighted by molar-refractivity contribution is -0.128. The third-order valence-corrected chi connectivity index (χ3v) is 4.72. The third kappa shape index (κ3) is 2.69. The molecule has 2 bridgehead atoms. The van der Waals surface area contributed by atoms with Crippen LogP contribution in [-0.2, 0) is 4.79 Å². The van der Waals surface area contributed by atoms with E-state index in [1.807, 2.05) is 6.92 Å². The van der Waals surface area contributed by atoms with Crippen LogP contribution in [0.25, 0.3) is 0 Å². The van der Waals surface area contributed by atoms with E-state index < -0.39 is 5.60 Å². The first-order valence-electron chi connectivity index (χ1n) is 7.20. The van der Waals surface area contributed by atoms with Crippen molar-refractivity contribution in [3.05, 3.63) is 0 Å². The molecule has 0 radical (unpaired) electrons. The zero-order valence-corrected chi connectivity index (χ0v) is 11.5. The fourth-order valence-corrected chi connectivity index (χ4v) is 3.75. The molecule has 0 aromatic carbocycles. The van der Waals surface area contributed by atoms with Crippen LogP contribution in [-0.4, -0.2) is 29.2 Å².